The number of fused-ring (bicyclic) bond motifs is 1. The van der Waals surface area contributed by atoms with Gasteiger partial charge < -0.3 is 4.74 Å². The van der Waals surface area contributed by atoms with Gasteiger partial charge in [-0.05, 0) is 26.3 Å². The number of hydrogen-bond donors (Lipinski definition) is 0. The number of likely N-dealkylation sites (N-methyl/N-ethyl adjacent to an activating group) is 1. The van der Waals surface area contributed by atoms with Gasteiger partial charge in [0.05, 0.1) is 0 Å². The maximum absolute atomic E-state index is 5.72. The van der Waals surface area contributed by atoms with Crippen LogP contribution in [0.2, 0.25) is 0 Å². The molecule has 3 rings (SSSR count). The molecular formula is C11H20N2O. The largest absolute Gasteiger partial charge is 0.352 e. The maximum Gasteiger partial charge on any atom is 0.139 e. The van der Waals surface area contributed by atoms with Gasteiger partial charge >= 0.3 is 0 Å². The lowest BCUT2D eigenvalue weighted by atomic mass is 10.2. The van der Waals surface area contributed by atoms with Crippen molar-refractivity contribution in [1.82, 2.24) is 9.80 Å². The zero-order valence-corrected chi connectivity index (χ0v) is 9.15. The van der Waals surface area contributed by atoms with E-state index in [1.54, 1.807) is 0 Å². The third kappa shape index (κ3) is 1.47. The minimum atomic E-state index is 0.474. The van der Waals surface area contributed by atoms with E-state index in [0.717, 1.165) is 18.6 Å². The van der Waals surface area contributed by atoms with Crippen LogP contribution in [0.5, 0.6) is 0 Å². The van der Waals surface area contributed by atoms with E-state index in [0.29, 0.717) is 12.3 Å². The molecule has 0 bridgehead atoms. The summed E-state index contributed by atoms with van der Waals surface area (Å²) in [5, 5.41) is 0. The summed E-state index contributed by atoms with van der Waals surface area (Å²) in [6, 6.07) is 1.59. The van der Waals surface area contributed by atoms with Crippen molar-refractivity contribution in [3.63, 3.8) is 0 Å². The molecule has 3 nitrogen and oxygen atoms in total. The molecule has 1 saturated carbocycles. The topological polar surface area (TPSA) is 19.0 Å². The first-order chi connectivity index (χ1) is 6.79. The summed E-state index contributed by atoms with van der Waals surface area (Å²) in [5.74, 6) is 0. The van der Waals surface area contributed by atoms with Gasteiger partial charge in [0.25, 0.3) is 0 Å². The standard InChI is InChI=1S/C11H20N2O/c1-3-8-6-13(9-4-5-9)11-10(14-11)7-12(8)2/h8-11H,3-7H2,1-2H3. The van der Waals surface area contributed by atoms with E-state index >= 15 is 0 Å². The van der Waals surface area contributed by atoms with Crippen LogP contribution in [0.4, 0.5) is 0 Å². The zero-order chi connectivity index (χ0) is 9.71. The predicted octanol–water partition coefficient (Wildman–Crippen LogP) is 0.900. The van der Waals surface area contributed by atoms with Gasteiger partial charge in [-0.1, -0.05) is 6.92 Å². The molecule has 3 atom stereocenters. The highest BCUT2D eigenvalue weighted by atomic mass is 16.6. The Morgan fingerprint density at radius 3 is 2.71 bits per heavy atom. The number of ether oxygens (including phenoxy) is 1. The van der Waals surface area contributed by atoms with Crippen LogP contribution in [0.15, 0.2) is 0 Å². The molecule has 80 valence electrons. The van der Waals surface area contributed by atoms with Crippen molar-refractivity contribution < 1.29 is 4.74 Å². The van der Waals surface area contributed by atoms with Crippen LogP contribution in [0.1, 0.15) is 26.2 Å². The minimum absolute atomic E-state index is 0.474. The van der Waals surface area contributed by atoms with E-state index in [4.69, 9.17) is 4.74 Å². The summed E-state index contributed by atoms with van der Waals surface area (Å²) >= 11 is 0. The molecule has 0 radical (unpaired) electrons. The van der Waals surface area contributed by atoms with Gasteiger partial charge in [0.15, 0.2) is 0 Å². The van der Waals surface area contributed by atoms with E-state index in [1.165, 1.54) is 25.8 Å². The molecule has 3 fully saturated rings. The Bertz CT molecular complexity index is 229. The molecule has 2 saturated heterocycles. The minimum Gasteiger partial charge on any atom is -0.352 e. The molecule has 0 amide bonds. The second-order valence-electron chi connectivity index (χ2n) is 4.99. The molecule has 3 unspecified atom stereocenters. The van der Waals surface area contributed by atoms with Crippen LogP contribution < -0.4 is 0 Å². The van der Waals surface area contributed by atoms with Crippen LogP contribution in [0.25, 0.3) is 0 Å². The monoisotopic (exact) mass is 196 g/mol. The van der Waals surface area contributed by atoms with E-state index < -0.39 is 0 Å². The van der Waals surface area contributed by atoms with Gasteiger partial charge in [-0.15, -0.1) is 0 Å². The third-order valence-corrected chi connectivity index (χ3v) is 3.88. The SMILES string of the molecule is CCC1CN(C2CC2)C2OC2CN1C. The van der Waals surface area contributed by atoms with E-state index in [2.05, 4.69) is 23.8 Å². The highest BCUT2D eigenvalue weighted by molar-refractivity contribution is 4.99. The van der Waals surface area contributed by atoms with Crippen molar-refractivity contribution in [2.75, 3.05) is 20.1 Å². The van der Waals surface area contributed by atoms with Crippen molar-refractivity contribution in [1.29, 1.82) is 0 Å². The summed E-state index contributed by atoms with van der Waals surface area (Å²) in [6.07, 6.45) is 5.04. The first-order valence-corrected chi connectivity index (χ1v) is 5.91. The van der Waals surface area contributed by atoms with Crippen LogP contribution in [-0.4, -0.2) is 54.4 Å². The average molecular weight is 196 g/mol. The normalized spacial score (nSPS) is 44.6. The lowest BCUT2D eigenvalue weighted by molar-refractivity contribution is 0.104. The van der Waals surface area contributed by atoms with Gasteiger partial charge in [0.2, 0.25) is 0 Å². The smallest absolute Gasteiger partial charge is 0.139 e. The highest BCUT2D eigenvalue weighted by Gasteiger charge is 2.51. The van der Waals surface area contributed by atoms with Crippen LogP contribution in [-0.2, 0) is 4.74 Å². The second kappa shape index (κ2) is 3.19. The Balaban J connectivity index is 1.72. The summed E-state index contributed by atoms with van der Waals surface area (Å²) < 4.78 is 5.72. The summed E-state index contributed by atoms with van der Waals surface area (Å²) in [5.41, 5.74) is 0. The van der Waals surface area contributed by atoms with Crippen molar-refractivity contribution in [3.05, 3.63) is 0 Å². The maximum atomic E-state index is 5.72. The lowest BCUT2D eigenvalue weighted by Gasteiger charge is -2.29. The number of rotatable bonds is 2. The molecule has 14 heavy (non-hydrogen) atoms. The first kappa shape index (κ1) is 9.13. The summed E-state index contributed by atoms with van der Waals surface area (Å²) in [7, 11) is 2.24. The third-order valence-electron chi connectivity index (χ3n) is 3.88. The Hall–Kier alpha value is -0.120. The van der Waals surface area contributed by atoms with Crippen molar-refractivity contribution in [3.8, 4) is 0 Å². The van der Waals surface area contributed by atoms with Crippen molar-refractivity contribution in [2.24, 2.45) is 0 Å². The number of epoxide rings is 1. The number of nitrogens with zero attached hydrogens (tertiary/aromatic N) is 2. The molecule has 0 aromatic heterocycles. The fourth-order valence-corrected chi connectivity index (χ4v) is 2.68. The van der Waals surface area contributed by atoms with Gasteiger partial charge in [0.1, 0.15) is 12.3 Å². The van der Waals surface area contributed by atoms with E-state index in [9.17, 15) is 0 Å². The molecule has 0 spiro atoms. The van der Waals surface area contributed by atoms with Gasteiger partial charge in [0, 0.05) is 25.2 Å². The van der Waals surface area contributed by atoms with Crippen molar-refractivity contribution in [2.45, 2.75) is 50.6 Å². The van der Waals surface area contributed by atoms with E-state index in [-0.39, 0.29) is 0 Å². The van der Waals surface area contributed by atoms with E-state index in [1.807, 2.05) is 0 Å². The van der Waals surface area contributed by atoms with Gasteiger partial charge in [-0.2, -0.15) is 0 Å². The molecule has 1 aliphatic carbocycles. The summed E-state index contributed by atoms with van der Waals surface area (Å²) in [4.78, 5) is 5.09. The zero-order valence-electron chi connectivity index (χ0n) is 9.15. The van der Waals surface area contributed by atoms with Crippen LogP contribution in [0.3, 0.4) is 0 Å². The Morgan fingerprint density at radius 2 is 2.07 bits per heavy atom. The van der Waals surface area contributed by atoms with Gasteiger partial charge in [-0.3, -0.25) is 9.80 Å². The molecule has 0 aromatic carbocycles. The first-order valence-electron chi connectivity index (χ1n) is 5.91. The van der Waals surface area contributed by atoms with Crippen molar-refractivity contribution >= 4 is 0 Å². The Labute approximate surface area is 86.0 Å². The summed E-state index contributed by atoms with van der Waals surface area (Å²) in [6.45, 7) is 4.65. The lowest BCUT2D eigenvalue weighted by Crippen LogP contribution is -2.41. The average Bonchev–Trinajstić information content (AvgIpc) is 2.97. The molecule has 2 aliphatic heterocycles. The Morgan fingerprint density at radius 1 is 1.29 bits per heavy atom. The molecule has 0 N–H and O–H groups in total. The molecule has 3 aliphatic rings. The highest BCUT2D eigenvalue weighted by Crippen LogP contribution is 2.39. The number of hydrogen-bond acceptors (Lipinski definition) is 3. The Kier molecular flexibility index (Phi) is 2.08. The second-order valence-corrected chi connectivity index (χ2v) is 4.99. The van der Waals surface area contributed by atoms with Gasteiger partial charge in [-0.25, -0.2) is 0 Å². The molecule has 2 heterocycles. The fourth-order valence-electron chi connectivity index (χ4n) is 2.68. The predicted molar refractivity (Wildman–Crippen MR) is 55.1 cm³/mol. The van der Waals surface area contributed by atoms with Crippen LogP contribution >= 0.6 is 0 Å². The van der Waals surface area contributed by atoms with Crippen LogP contribution in [0, 0.1) is 0 Å². The molecule has 3 heteroatoms. The molecule has 0 aromatic rings. The molecular weight excluding hydrogens is 176 g/mol. The quantitative estimate of drug-likeness (QED) is 0.612. The fraction of sp³-hybridized carbons (Fsp3) is 1.00.